The smallest absolute Gasteiger partial charge is 0.271 e. The van der Waals surface area contributed by atoms with Crippen molar-refractivity contribution in [2.24, 2.45) is 5.92 Å². The molecule has 0 radical (unpaired) electrons. The summed E-state index contributed by atoms with van der Waals surface area (Å²) in [6.45, 7) is 0.257. The van der Waals surface area contributed by atoms with Crippen LogP contribution in [-0.4, -0.2) is 29.6 Å². The summed E-state index contributed by atoms with van der Waals surface area (Å²) in [6.07, 6.45) is 5.47. The van der Waals surface area contributed by atoms with Gasteiger partial charge < -0.3 is 19.8 Å². The summed E-state index contributed by atoms with van der Waals surface area (Å²) in [7, 11) is 1.59. The summed E-state index contributed by atoms with van der Waals surface area (Å²) in [6, 6.07) is 10.9. The molecule has 0 fully saturated rings. The summed E-state index contributed by atoms with van der Waals surface area (Å²) < 4.78 is 10.9. The first-order valence-corrected chi connectivity index (χ1v) is 8.88. The number of aromatic nitrogens is 2. The predicted octanol–water partition coefficient (Wildman–Crippen LogP) is 2.64. The van der Waals surface area contributed by atoms with Gasteiger partial charge in [0.1, 0.15) is 23.8 Å². The number of hydrogen-bond acceptors (Lipinski definition) is 5. The normalized spacial score (nSPS) is 15.2. The Kier molecular flexibility index (Phi) is 4.80. The topological polar surface area (TPSA) is 93.3 Å². The highest BCUT2D eigenvalue weighted by molar-refractivity contribution is 5.93. The Bertz CT molecular complexity index is 1060. The van der Waals surface area contributed by atoms with E-state index in [1.54, 1.807) is 31.8 Å². The summed E-state index contributed by atoms with van der Waals surface area (Å²) in [5.74, 6) is 0.807. The molecule has 7 heteroatoms. The number of fused-ring (bicyclic) bond motifs is 1. The fraction of sp³-hybridized carbons (Fsp3) is 0.190. The summed E-state index contributed by atoms with van der Waals surface area (Å²) in [5, 5.41) is 2.74. The second-order valence-corrected chi connectivity index (χ2v) is 6.54. The molecule has 0 spiro atoms. The Labute approximate surface area is 161 Å². The van der Waals surface area contributed by atoms with Crippen LogP contribution in [0.1, 0.15) is 5.56 Å². The van der Waals surface area contributed by atoms with Crippen LogP contribution in [0.3, 0.4) is 0 Å². The lowest BCUT2D eigenvalue weighted by Gasteiger charge is -2.25. The Morgan fingerprint density at radius 3 is 2.82 bits per heavy atom. The van der Waals surface area contributed by atoms with Crippen LogP contribution in [0.5, 0.6) is 11.5 Å². The van der Waals surface area contributed by atoms with Crippen molar-refractivity contribution < 1.29 is 14.3 Å². The predicted molar refractivity (Wildman–Crippen MR) is 105 cm³/mol. The van der Waals surface area contributed by atoms with Crippen LogP contribution in [0.25, 0.3) is 11.1 Å². The molecule has 0 aliphatic carbocycles. The lowest BCUT2D eigenvalue weighted by Crippen LogP contribution is -2.34. The van der Waals surface area contributed by atoms with Crippen molar-refractivity contribution in [2.45, 2.75) is 6.42 Å². The standard InChI is InChI=1S/C21H19N3O4/c1-27-17-2-3-19-14(9-17)8-16(12-28-19)20(25)24-18-10-15(11-23-21(18)26)13-4-6-22-7-5-13/h2-7,9-11,16H,8,12H2,1H3,(H,23,26)(H,24,25)/t16-/m0/s1. The maximum atomic E-state index is 12.7. The number of H-pyrrole nitrogens is 1. The van der Waals surface area contributed by atoms with Crippen LogP contribution in [0.2, 0.25) is 0 Å². The zero-order valence-electron chi connectivity index (χ0n) is 15.3. The minimum absolute atomic E-state index is 0.204. The summed E-state index contributed by atoms with van der Waals surface area (Å²) in [5.41, 5.74) is 2.43. The van der Waals surface area contributed by atoms with Gasteiger partial charge in [-0.2, -0.15) is 0 Å². The van der Waals surface area contributed by atoms with Crippen molar-refractivity contribution in [1.29, 1.82) is 0 Å². The largest absolute Gasteiger partial charge is 0.497 e. The Morgan fingerprint density at radius 2 is 2.04 bits per heavy atom. The van der Waals surface area contributed by atoms with Crippen LogP contribution in [0, 0.1) is 5.92 Å². The van der Waals surface area contributed by atoms with Gasteiger partial charge in [-0.25, -0.2) is 0 Å². The zero-order chi connectivity index (χ0) is 19.5. The molecule has 0 saturated heterocycles. The van der Waals surface area contributed by atoms with E-state index in [4.69, 9.17) is 9.47 Å². The number of nitrogens with zero attached hydrogens (tertiary/aromatic N) is 1. The first-order valence-electron chi connectivity index (χ1n) is 8.88. The number of carbonyl (C=O) groups is 1. The molecule has 3 heterocycles. The molecule has 0 bridgehead atoms. The lowest BCUT2D eigenvalue weighted by molar-refractivity contribution is -0.121. The average Bonchev–Trinajstić information content (AvgIpc) is 2.75. The van der Waals surface area contributed by atoms with Crippen molar-refractivity contribution in [3.8, 4) is 22.6 Å². The number of amides is 1. The highest BCUT2D eigenvalue weighted by atomic mass is 16.5. The van der Waals surface area contributed by atoms with Crippen LogP contribution in [0.4, 0.5) is 5.69 Å². The van der Waals surface area contributed by atoms with Crippen LogP contribution >= 0.6 is 0 Å². The molecule has 0 unspecified atom stereocenters. The fourth-order valence-corrected chi connectivity index (χ4v) is 3.19. The minimum atomic E-state index is -0.399. The van der Waals surface area contributed by atoms with Gasteiger partial charge in [0, 0.05) is 24.2 Å². The van der Waals surface area contributed by atoms with E-state index in [0.29, 0.717) is 12.2 Å². The maximum Gasteiger partial charge on any atom is 0.271 e. The number of benzene rings is 1. The molecule has 142 valence electrons. The first kappa shape index (κ1) is 17.8. The van der Waals surface area contributed by atoms with Crippen molar-refractivity contribution >= 4 is 11.6 Å². The van der Waals surface area contributed by atoms with Gasteiger partial charge in [0.2, 0.25) is 5.91 Å². The first-order chi connectivity index (χ1) is 13.6. The van der Waals surface area contributed by atoms with E-state index in [-0.39, 0.29) is 23.8 Å². The Hall–Kier alpha value is -3.61. The van der Waals surface area contributed by atoms with Gasteiger partial charge in [0.25, 0.3) is 5.56 Å². The molecule has 3 aromatic rings. The van der Waals surface area contributed by atoms with Crippen molar-refractivity contribution in [2.75, 3.05) is 19.0 Å². The molecule has 28 heavy (non-hydrogen) atoms. The summed E-state index contributed by atoms with van der Waals surface area (Å²) in [4.78, 5) is 31.6. The third-order valence-corrected chi connectivity index (χ3v) is 4.72. The second-order valence-electron chi connectivity index (χ2n) is 6.54. The van der Waals surface area contributed by atoms with Crippen molar-refractivity contribution in [3.05, 3.63) is 70.9 Å². The van der Waals surface area contributed by atoms with E-state index in [1.165, 1.54) is 0 Å². The Balaban J connectivity index is 1.53. The fourth-order valence-electron chi connectivity index (χ4n) is 3.19. The molecule has 1 atom stereocenters. The molecule has 4 rings (SSSR count). The number of carbonyl (C=O) groups excluding carboxylic acids is 1. The lowest BCUT2D eigenvalue weighted by atomic mass is 9.95. The number of nitrogens with one attached hydrogen (secondary N) is 2. The number of hydrogen-bond donors (Lipinski definition) is 2. The quantitative estimate of drug-likeness (QED) is 0.729. The maximum absolute atomic E-state index is 12.7. The van der Waals surface area contributed by atoms with E-state index in [9.17, 15) is 9.59 Å². The van der Waals surface area contributed by atoms with E-state index in [2.05, 4.69) is 15.3 Å². The molecule has 1 amide bonds. The number of ether oxygens (including phenoxy) is 2. The minimum Gasteiger partial charge on any atom is -0.497 e. The van der Waals surface area contributed by atoms with Crippen LogP contribution in [0.15, 0.2) is 59.8 Å². The van der Waals surface area contributed by atoms with Crippen molar-refractivity contribution in [3.63, 3.8) is 0 Å². The van der Waals surface area contributed by atoms with E-state index < -0.39 is 5.92 Å². The molecular weight excluding hydrogens is 358 g/mol. The van der Waals surface area contributed by atoms with Crippen LogP contribution < -0.4 is 20.3 Å². The van der Waals surface area contributed by atoms with Gasteiger partial charge in [0.05, 0.1) is 13.0 Å². The monoisotopic (exact) mass is 377 g/mol. The van der Waals surface area contributed by atoms with E-state index >= 15 is 0 Å². The second kappa shape index (κ2) is 7.56. The van der Waals surface area contributed by atoms with Crippen LogP contribution in [-0.2, 0) is 11.2 Å². The van der Waals surface area contributed by atoms with Crippen molar-refractivity contribution in [1.82, 2.24) is 9.97 Å². The number of anilines is 1. The number of rotatable bonds is 4. The number of aromatic amines is 1. The van der Waals surface area contributed by atoms with Gasteiger partial charge >= 0.3 is 0 Å². The third kappa shape index (κ3) is 3.59. The SMILES string of the molecule is COc1ccc2c(c1)C[C@H](C(=O)Nc1cc(-c3ccncc3)c[nH]c1=O)CO2. The molecule has 2 aromatic heterocycles. The highest BCUT2D eigenvalue weighted by Crippen LogP contribution is 2.31. The average molecular weight is 377 g/mol. The molecular formula is C21H19N3O4. The van der Waals surface area contributed by atoms with Gasteiger partial charge in [-0.15, -0.1) is 0 Å². The number of pyridine rings is 2. The molecule has 0 saturated carbocycles. The van der Waals surface area contributed by atoms with Gasteiger partial charge in [-0.1, -0.05) is 0 Å². The highest BCUT2D eigenvalue weighted by Gasteiger charge is 2.27. The molecule has 1 aliphatic rings. The van der Waals surface area contributed by atoms with E-state index in [0.717, 1.165) is 22.4 Å². The third-order valence-electron chi connectivity index (χ3n) is 4.72. The van der Waals surface area contributed by atoms with E-state index in [1.807, 2.05) is 30.3 Å². The molecule has 2 N–H and O–H groups in total. The Morgan fingerprint density at radius 1 is 1.21 bits per heavy atom. The zero-order valence-corrected chi connectivity index (χ0v) is 15.3. The molecule has 7 nitrogen and oxygen atoms in total. The molecule has 1 aliphatic heterocycles. The van der Waals surface area contributed by atoms with Gasteiger partial charge in [-0.05, 0) is 53.9 Å². The number of methoxy groups -OCH3 is 1. The summed E-state index contributed by atoms with van der Waals surface area (Å²) >= 11 is 0. The van der Waals surface area contributed by atoms with Gasteiger partial charge in [0.15, 0.2) is 0 Å². The van der Waals surface area contributed by atoms with Gasteiger partial charge in [-0.3, -0.25) is 14.6 Å². The molecule has 1 aromatic carbocycles.